The molecule has 5 N–H and O–H groups in total. The van der Waals surface area contributed by atoms with Crippen molar-refractivity contribution < 1.29 is 102 Å². The Kier molecular flexibility index (Phi) is 27.7. The van der Waals surface area contributed by atoms with Crippen molar-refractivity contribution in [2.75, 3.05) is 41.0 Å². The number of ether oxygens (including phenoxy) is 3. The standard InChI is InChI=1S/C28H20Cl2F3N3O5.C26H19Cl2F3N4O5.C25H23Cl2N5O6S/c29-19-5-2-6-20(30)17(19)12-22-18(24(41-36-22)14-7-8-14)13-40-23-10-9-21(25(35-23)28(31,32)33)34-26(37)15-3-1-4-16(11-15)27(38)39;1-12(2)22-16(21(35-40-22)20-17(27)4-3-5-18(20)28)11-39-19-7-6-15(23(34-19)26(29,30)31)24(36)33-14-8-13(25(37)38)9-32-10-14;1-14-20(32(4)39(35,36)16-10-8-15(9-11-16)24(33)34)12-28-25(29-14)37-13-17-22(38-30-23(17)31(2)3)21-18(26)6-5-7-19(21)27/h1-6,9-11,14H,7-8,12-13H2,(H,34,37)(H,38,39);3-10,12H,11H2,1-2H3,(H,33,36)(H,37,38);5-12H,13H2,1-4H3,(H,33,34). The van der Waals surface area contributed by atoms with Crippen molar-refractivity contribution >= 4 is 132 Å². The van der Waals surface area contributed by atoms with Crippen molar-refractivity contribution in [3.8, 4) is 40.4 Å². The number of carboxylic acid groups (broad SMARTS) is 3. The molecule has 0 saturated heterocycles. The molecule has 41 heteroatoms. The lowest BCUT2D eigenvalue weighted by molar-refractivity contribution is -0.142. The number of carboxylic acids is 3. The SMILES string of the molecule is CC(C)c1onc(-c2c(Cl)cccc2Cl)c1COc1ccc(C(=O)Nc2cncc(C(=O)O)c2)c(C(F)(F)F)n1.Cc1nc(OCc2c(N(C)C)noc2-c2c(Cl)cccc2Cl)ncc1N(C)S(=O)(=O)c1ccc(C(=O)O)cc1.O=C(O)c1cccc(C(=O)Nc2ccc(OCc3c(Cc4c(Cl)cccc4Cl)noc3C3CC3)nc2C(F)(F)F)c1. The molecule has 28 nitrogen and oxygen atoms in total. The second-order valence-corrected chi connectivity index (χ2v) is 30.9. The maximum Gasteiger partial charge on any atom is 0.435 e. The zero-order valence-electron chi connectivity index (χ0n) is 62.9. The number of nitrogens with one attached hydrogen (secondary N) is 2. The molecule has 0 unspecified atom stereocenters. The predicted octanol–water partition coefficient (Wildman–Crippen LogP) is 19.4. The Hall–Kier alpha value is -12.1. The minimum Gasteiger partial charge on any atom is -0.478 e. The zero-order chi connectivity index (χ0) is 87.0. The van der Waals surface area contributed by atoms with Crippen LogP contribution in [0.15, 0.2) is 171 Å². The molecule has 7 aromatic heterocycles. The lowest BCUT2D eigenvalue weighted by Gasteiger charge is -2.21. The highest BCUT2D eigenvalue weighted by Crippen LogP contribution is 2.46. The number of hydrogen-bond acceptors (Lipinski definition) is 22. The van der Waals surface area contributed by atoms with E-state index in [1.54, 1.807) is 80.5 Å². The first kappa shape index (κ1) is 88.7. The number of sulfonamides is 1. The largest absolute Gasteiger partial charge is 0.478 e. The fraction of sp³-hybridized carbons (Fsp3) is 0.203. The first-order valence-electron chi connectivity index (χ1n) is 35.1. The van der Waals surface area contributed by atoms with Crippen LogP contribution in [-0.4, -0.2) is 115 Å². The molecule has 0 aliphatic heterocycles. The quantitative estimate of drug-likeness (QED) is 0.0314. The highest BCUT2D eigenvalue weighted by Gasteiger charge is 2.40. The van der Waals surface area contributed by atoms with E-state index >= 15 is 0 Å². The van der Waals surface area contributed by atoms with Gasteiger partial charge < -0.3 is 58.6 Å². The number of aromatic nitrogens is 8. The van der Waals surface area contributed by atoms with Crippen LogP contribution >= 0.6 is 69.6 Å². The number of hydrogen-bond donors (Lipinski definition) is 5. The summed E-state index contributed by atoms with van der Waals surface area (Å²) in [6.07, 6.45) is -4.52. The van der Waals surface area contributed by atoms with Crippen molar-refractivity contribution in [2.45, 2.75) is 88.9 Å². The van der Waals surface area contributed by atoms with Crippen molar-refractivity contribution in [1.29, 1.82) is 0 Å². The molecule has 2 amide bonds. The van der Waals surface area contributed by atoms with Crippen molar-refractivity contribution in [2.24, 2.45) is 0 Å². The monoisotopic (exact) mass is 1790 g/mol. The van der Waals surface area contributed by atoms with Crippen LogP contribution in [0.3, 0.4) is 0 Å². The molecular weight excluding hydrogens is 1730 g/mol. The lowest BCUT2D eigenvalue weighted by atomic mass is 10.0. The van der Waals surface area contributed by atoms with Crippen LogP contribution in [0, 0.1) is 6.92 Å². The van der Waals surface area contributed by atoms with Crippen LogP contribution in [0.25, 0.3) is 22.6 Å². The Balaban J connectivity index is 0.000000176. The third-order valence-electron chi connectivity index (χ3n) is 17.7. The Morgan fingerprint density at radius 2 is 1.12 bits per heavy atom. The molecule has 1 aliphatic rings. The molecule has 12 aromatic rings. The average Bonchev–Trinajstić information content (AvgIpc) is 1.79. The highest BCUT2D eigenvalue weighted by atomic mass is 35.5. The number of amides is 2. The number of aromatic carboxylic acids is 3. The summed E-state index contributed by atoms with van der Waals surface area (Å²) >= 11 is 38.0. The molecule has 7 heterocycles. The first-order chi connectivity index (χ1) is 56.8. The van der Waals surface area contributed by atoms with Gasteiger partial charge in [-0.2, -0.15) is 31.3 Å². The van der Waals surface area contributed by atoms with E-state index < -0.39 is 80.6 Å². The molecule has 1 saturated carbocycles. The summed E-state index contributed by atoms with van der Waals surface area (Å²) in [6, 6.07) is 30.1. The third-order valence-corrected chi connectivity index (χ3v) is 21.4. The van der Waals surface area contributed by atoms with Gasteiger partial charge >= 0.3 is 36.3 Å². The van der Waals surface area contributed by atoms with E-state index in [2.05, 4.69) is 51.0 Å². The van der Waals surface area contributed by atoms with Gasteiger partial charge in [0.25, 0.3) is 21.8 Å². The number of nitrogens with zero attached hydrogens (tertiary/aromatic N) is 10. The Morgan fingerprint density at radius 1 is 0.567 bits per heavy atom. The van der Waals surface area contributed by atoms with Gasteiger partial charge in [-0.15, -0.1) is 0 Å². The zero-order valence-corrected chi connectivity index (χ0v) is 68.2. The number of alkyl halides is 6. The molecule has 1 aliphatic carbocycles. The maximum absolute atomic E-state index is 13.9. The average molecular weight is 1790 g/mol. The lowest BCUT2D eigenvalue weighted by Crippen LogP contribution is -2.27. The van der Waals surface area contributed by atoms with E-state index in [4.69, 9.17) is 113 Å². The number of aryl methyl sites for hydroxylation is 1. The molecule has 0 bridgehead atoms. The van der Waals surface area contributed by atoms with Crippen LogP contribution < -0.4 is 34.0 Å². The van der Waals surface area contributed by atoms with Gasteiger partial charge in [-0.3, -0.25) is 18.9 Å². The van der Waals surface area contributed by atoms with E-state index in [-0.39, 0.29) is 104 Å². The predicted molar refractivity (Wildman–Crippen MR) is 428 cm³/mol. The van der Waals surface area contributed by atoms with Gasteiger partial charge in [-0.05, 0) is 122 Å². The topological polar surface area (TPSA) is 381 Å². The molecule has 0 atom stereocenters. The minimum absolute atomic E-state index is 0.00466. The fourth-order valence-corrected chi connectivity index (χ4v) is 14.5. The van der Waals surface area contributed by atoms with Gasteiger partial charge in [0, 0.05) is 78.9 Å². The van der Waals surface area contributed by atoms with Gasteiger partial charge in [0.2, 0.25) is 11.8 Å². The first-order valence-corrected chi connectivity index (χ1v) is 38.8. The van der Waals surface area contributed by atoms with Crippen LogP contribution in [0.1, 0.15) is 147 Å². The van der Waals surface area contributed by atoms with Crippen LogP contribution in [0.4, 0.5) is 49.2 Å². The van der Waals surface area contributed by atoms with Crippen molar-refractivity contribution in [3.05, 3.63) is 267 Å². The van der Waals surface area contributed by atoms with Crippen LogP contribution in [-0.2, 0) is 48.6 Å². The van der Waals surface area contributed by atoms with Gasteiger partial charge in [0.1, 0.15) is 37.0 Å². The number of pyridine rings is 3. The summed E-state index contributed by atoms with van der Waals surface area (Å²) in [4.78, 5) is 79.7. The third kappa shape index (κ3) is 20.9. The normalized spacial score (nSPS) is 12.0. The van der Waals surface area contributed by atoms with Crippen LogP contribution in [0.2, 0.25) is 30.1 Å². The van der Waals surface area contributed by atoms with Crippen LogP contribution in [0.5, 0.6) is 17.8 Å². The van der Waals surface area contributed by atoms with E-state index in [9.17, 15) is 58.7 Å². The Bertz CT molecular complexity index is 5960. The molecule has 1 fully saturated rings. The molecule has 0 spiro atoms. The van der Waals surface area contributed by atoms with Crippen molar-refractivity contribution in [1.82, 2.24) is 40.4 Å². The molecule has 5 aromatic carbocycles. The maximum atomic E-state index is 13.9. The van der Waals surface area contributed by atoms with E-state index in [0.29, 0.717) is 88.0 Å². The molecule has 0 radical (unpaired) electrons. The highest BCUT2D eigenvalue weighted by molar-refractivity contribution is 7.92. The molecule has 120 heavy (non-hydrogen) atoms. The summed E-state index contributed by atoms with van der Waals surface area (Å²) in [7, 11) is 0.929. The Morgan fingerprint density at radius 3 is 1.70 bits per heavy atom. The van der Waals surface area contributed by atoms with Gasteiger partial charge in [-0.1, -0.05) is 123 Å². The van der Waals surface area contributed by atoms with Crippen molar-refractivity contribution in [3.63, 3.8) is 0 Å². The molecule has 624 valence electrons. The number of carbonyl (C=O) groups is 5. The Labute approximate surface area is 706 Å². The number of halogens is 12. The molecular formula is C79H62Cl6F6N12O16S. The van der Waals surface area contributed by atoms with Gasteiger partial charge in [-0.25, -0.2) is 37.8 Å². The summed E-state index contributed by atoms with van der Waals surface area (Å²) in [5.41, 5.74) is -0.715. The number of benzene rings is 5. The second-order valence-electron chi connectivity index (χ2n) is 26.5. The van der Waals surface area contributed by atoms with E-state index in [1.165, 1.54) is 61.8 Å². The smallest absolute Gasteiger partial charge is 0.435 e. The van der Waals surface area contributed by atoms with Gasteiger partial charge in [0.15, 0.2) is 23.0 Å². The summed E-state index contributed by atoms with van der Waals surface area (Å²) in [5.74, 6) is -4.84. The summed E-state index contributed by atoms with van der Waals surface area (Å²) in [6.45, 7) is 4.76. The number of anilines is 4. The number of rotatable bonds is 26. The van der Waals surface area contributed by atoms with E-state index in [0.717, 1.165) is 59.9 Å². The summed E-state index contributed by atoms with van der Waals surface area (Å²) in [5, 5.41) is 46.2. The molecule has 13 rings (SSSR count). The fourth-order valence-electron chi connectivity index (χ4n) is 11.6. The van der Waals surface area contributed by atoms with Gasteiger partial charge in [0.05, 0.1) is 110 Å². The summed E-state index contributed by atoms with van der Waals surface area (Å²) < 4.78 is 145. The second kappa shape index (κ2) is 37.4. The van der Waals surface area contributed by atoms with E-state index in [1.807, 2.05) is 13.8 Å². The number of carbonyl (C=O) groups excluding carboxylic acids is 2. The minimum atomic E-state index is -5.02.